The van der Waals surface area contributed by atoms with Gasteiger partial charge in [-0.1, -0.05) is 55.4 Å². The topological polar surface area (TPSA) is 87.7 Å². The summed E-state index contributed by atoms with van der Waals surface area (Å²) in [6.45, 7) is 33.0. The molecule has 0 radical (unpaired) electrons. The third-order valence-corrected chi connectivity index (χ3v) is 11.4. The summed E-state index contributed by atoms with van der Waals surface area (Å²) in [7, 11) is 0. The predicted molar refractivity (Wildman–Crippen MR) is 183 cm³/mol. The van der Waals surface area contributed by atoms with Gasteiger partial charge in [-0.15, -0.1) is 0 Å². The summed E-state index contributed by atoms with van der Waals surface area (Å²) in [6, 6.07) is 0. The Bertz CT molecular complexity index is 1020. The molecule has 2 N–H and O–H groups in total. The van der Waals surface area contributed by atoms with Crippen molar-refractivity contribution in [1.82, 2.24) is 15.5 Å². The van der Waals surface area contributed by atoms with Crippen molar-refractivity contribution >= 4 is 17.7 Å². The number of carbonyl (C=O) groups excluding carboxylic acids is 3. The van der Waals surface area contributed by atoms with Crippen molar-refractivity contribution in [3.8, 4) is 0 Å². The van der Waals surface area contributed by atoms with E-state index < -0.39 is 16.5 Å². The van der Waals surface area contributed by atoms with E-state index in [-0.39, 0.29) is 39.8 Å². The van der Waals surface area contributed by atoms with E-state index in [0.29, 0.717) is 25.9 Å². The highest BCUT2D eigenvalue weighted by Crippen LogP contribution is 2.47. The van der Waals surface area contributed by atoms with Gasteiger partial charge < -0.3 is 15.4 Å². The molecule has 7 heteroatoms. The highest BCUT2D eigenvalue weighted by atomic mass is 16.5. The summed E-state index contributed by atoms with van der Waals surface area (Å²) in [5.41, 5.74) is -2.55. The average molecular weight is 620 g/mol. The zero-order chi connectivity index (χ0) is 34.4. The monoisotopic (exact) mass is 620 g/mol. The first kappa shape index (κ1) is 40.3. The normalized spacial score (nSPS) is 22.4. The van der Waals surface area contributed by atoms with E-state index in [9.17, 15) is 14.4 Å². The second kappa shape index (κ2) is 14.8. The van der Waals surface area contributed by atoms with Gasteiger partial charge in [0.1, 0.15) is 0 Å². The van der Waals surface area contributed by atoms with Crippen LogP contribution in [-0.2, 0) is 19.1 Å². The molecule has 1 heterocycles. The molecule has 0 aliphatic carbocycles. The molecule has 0 aromatic rings. The molecule has 1 rings (SSSR count). The van der Waals surface area contributed by atoms with E-state index >= 15 is 0 Å². The third-order valence-electron chi connectivity index (χ3n) is 11.4. The maximum atomic E-state index is 14.2. The number of nitrogens with one attached hydrogen (secondary N) is 2. The van der Waals surface area contributed by atoms with Gasteiger partial charge in [0.2, 0.25) is 5.91 Å². The van der Waals surface area contributed by atoms with Crippen molar-refractivity contribution in [2.24, 2.45) is 10.8 Å². The first-order chi connectivity index (χ1) is 20.0. The Morgan fingerprint density at radius 2 is 1.23 bits per heavy atom. The molecule has 0 aromatic carbocycles. The maximum absolute atomic E-state index is 14.2. The van der Waals surface area contributed by atoms with Gasteiger partial charge in [-0.05, 0) is 112 Å². The van der Waals surface area contributed by atoms with Crippen molar-refractivity contribution in [2.75, 3.05) is 6.61 Å². The number of imide groups is 1. The fourth-order valence-corrected chi connectivity index (χ4v) is 7.17. The fraction of sp³-hybridized carbons (Fsp3) is 0.865. The molecule has 7 nitrogen and oxygen atoms in total. The molecule has 0 saturated heterocycles. The van der Waals surface area contributed by atoms with Gasteiger partial charge in [0.15, 0.2) is 0 Å². The zero-order valence-electron chi connectivity index (χ0n) is 31.3. The molecule has 44 heavy (non-hydrogen) atoms. The minimum atomic E-state index is -0.762. The largest absolute Gasteiger partial charge is 0.375 e. The van der Waals surface area contributed by atoms with Crippen molar-refractivity contribution in [2.45, 2.75) is 189 Å². The minimum absolute atomic E-state index is 0.0145. The van der Waals surface area contributed by atoms with Crippen molar-refractivity contribution in [1.29, 1.82) is 0 Å². The molecule has 1 aliphatic heterocycles. The first-order valence-electron chi connectivity index (χ1n) is 17.3. The van der Waals surface area contributed by atoms with Crippen LogP contribution in [0, 0.1) is 10.8 Å². The summed E-state index contributed by atoms with van der Waals surface area (Å²) in [6.07, 6.45) is 9.49. The Kier molecular flexibility index (Phi) is 13.5. The molecular formula is C37H69N3O4. The SMILES string of the molecule is CCC(C)(CC(C)(CC)C(C)(CC)OCCC(C)(CC)NC(C)(C)C)NC(=O)C(C)(CC)CC(C)(CC)N1C(=O)C=CC1=O. The van der Waals surface area contributed by atoms with Crippen LogP contribution in [0.3, 0.4) is 0 Å². The number of carbonyl (C=O) groups is 3. The number of ether oxygens (including phenoxy) is 1. The van der Waals surface area contributed by atoms with Crippen LogP contribution in [0.15, 0.2) is 12.2 Å². The van der Waals surface area contributed by atoms with E-state index in [2.05, 4.69) is 86.8 Å². The lowest BCUT2D eigenvalue weighted by Crippen LogP contribution is -2.59. The van der Waals surface area contributed by atoms with Gasteiger partial charge in [-0.2, -0.15) is 0 Å². The number of nitrogens with zero attached hydrogens (tertiary/aromatic N) is 1. The second-order valence-electron chi connectivity index (χ2n) is 16.2. The lowest BCUT2D eigenvalue weighted by Gasteiger charge is -2.51. The number of rotatable bonds is 19. The van der Waals surface area contributed by atoms with Gasteiger partial charge in [0.25, 0.3) is 11.8 Å². The smallest absolute Gasteiger partial charge is 0.254 e. The quantitative estimate of drug-likeness (QED) is 0.143. The van der Waals surface area contributed by atoms with E-state index in [1.165, 1.54) is 17.1 Å². The second-order valence-corrected chi connectivity index (χ2v) is 16.2. The van der Waals surface area contributed by atoms with E-state index in [1.54, 1.807) is 0 Å². The summed E-state index contributed by atoms with van der Waals surface area (Å²) in [5.74, 6) is -0.633. The Morgan fingerprint density at radius 3 is 1.61 bits per heavy atom. The highest BCUT2D eigenvalue weighted by Gasteiger charge is 2.50. The Labute approximate surface area is 271 Å². The summed E-state index contributed by atoms with van der Waals surface area (Å²) in [5, 5.41) is 7.29. The zero-order valence-corrected chi connectivity index (χ0v) is 31.3. The van der Waals surface area contributed by atoms with Crippen molar-refractivity contribution < 1.29 is 19.1 Å². The Hall–Kier alpha value is -1.73. The summed E-state index contributed by atoms with van der Waals surface area (Å²) in [4.78, 5) is 40.8. The molecular weight excluding hydrogens is 550 g/mol. The molecule has 256 valence electrons. The van der Waals surface area contributed by atoms with Crippen LogP contribution in [0.4, 0.5) is 0 Å². The molecule has 0 bridgehead atoms. The predicted octanol–water partition coefficient (Wildman–Crippen LogP) is 8.11. The molecule has 0 aromatic heterocycles. The third kappa shape index (κ3) is 9.40. The van der Waals surface area contributed by atoms with Crippen molar-refractivity contribution in [3.63, 3.8) is 0 Å². The van der Waals surface area contributed by atoms with Crippen LogP contribution in [0.25, 0.3) is 0 Å². The van der Waals surface area contributed by atoms with E-state index in [4.69, 9.17) is 4.74 Å². The molecule has 6 unspecified atom stereocenters. The minimum Gasteiger partial charge on any atom is -0.375 e. The molecule has 3 amide bonds. The highest BCUT2D eigenvalue weighted by molar-refractivity contribution is 6.13. The molecule has 0 saturated carbocycles. The van der Waals surface area contributed by atoms with Gasteiger partial charge in [-0.3, -0.25) is 19.3 Å². The summed E-state index contributed by atoms with van der Waals surface area (Å²) < 4.78 is 6.86. The molecule has 6 atom stereocenters. The Balaban J connectivity index is 3.23. The van der Waals surface area contributed by atoms with Crippen LogP contribution < -0.4 is 10.6 Å². The van der Waals surface area contributed by atoms with E-state index in [0.717, 1.165) is 38.5 Å². The van der Waals surface area contributed by atoms with Crippen LogP contribution in [0.5, 0.6) is 0 Å². The first-order valence-corrected chi connectivity index (χ1v) is 17.3. The van der Waals surface area contributed by atoms with Crippen LogP contribution >= 0.6 is 0 Å². The lowest BCUT2D eigenvalue weighted by atomic mass is 9.63. The number of hydrogen-bond donors (Lipinski definition) is 2. The van der Waals surface area contributed by atoms with Crippen molar-refractivity contribution in [3.05, 3.63) is 12.2 Å². The maximum Gasteiger partial charge on any atom is 0.254 e. The Morgan fingerprint density at radius 1 is 0.705 bits per heavy atom. The van der Waals surface area contributed by atoms with Crippen LogP contribution in [0.1, 0.15) is 162 Å². The number of amides is 3. The van der Waals surface area contributed by atoms with Gasteiger partial charge in [-0.25, -0.2) is 0 Å². The lowest BCUT2D eigenvalue weighted by molar-refractivity contribution is -0.150. The number of hydrogen-bond acceptors (Lipinski definition) is 5. The molecule has 0 fully saturated rings. The van der Waals surface area contributed by atoms with Gasteiger partial charge in [0, 0.05) is 46.3 Å². The fourth-order valence-electron chi connectivity index (χ4n) is 7.17. The van der Waals surface area contributed by atoms with Crippen LogP contribution in [0.2, 0.25) is 0 Å². The molecule has 0 spiro atoms. The van der Waals surface area contributed by atoms with Gasteiger partial charge in [0.05, 0.1) is 5.60 Å². The standard InChI is InChI=1S/C37H69N3O4/c1-16-32(10,26-36(14,20-5)40-28(41)22-23-29(40)42)30(43)38-35(13,19-4)27-33(11,17-2)37(15,21-6)44-25-24-34(12,18-3)39-31(7,8)9/h22-23,39H,16-21,24-27H2,1-15H3,(H,38,43). The average Bonchev–Trinajstić information content (AvgIpc) is 3.29. The van der Waals surface area contributed by atoms with Crippen LogP contribution in [-0.4, -0.2) is 57.0 Å². The summed E-state index contributed by atoms with van der Waals surface area (Å²) >= 11 is 0. The van der Waals surface area contributed by atoms with E-state index in [1.807, 2.05) is 27.7 Å². The van der Waals surface area contributed by atoms with Gasteiger partial charge >= 0.3 is 0 Å². The molecule has 1 aliphatic rings.